The predicted octanol–water partition coefficient (Wildman–Crippen LogP) is 4.54. The highest BCUT2D eigenvalue weighted by molar-refractivity contribution is 6.05. The first kappa shape index (κ1) is 19.0. The lowest BCUT2D eigenvalue weighted by Gasteiger charge is -2.30. The van der Waals surface area contributed by atoms with E-state index in [-0.39, 0.29) is 11.5 Å². The molecule has 2 aromatic rings. The minimum atomic E-state index is -0.907. The molecule has 2 aromatic carbocycles. The second kappa shape index (κ2) is 7.86. The normalized spacial score (nSPS) is 13.7. The maximum atomic E-state index is 13.8. The molecule has 0 saturated heterocycles. The van der Waals surface area contributed by atoms with Crippen LogP contribution in [0.2, 0.25) is 0 Å². The Bertz CT molecular complexity index is 880. The molecular weight excluding hydrogens is 350 g/mol. The van der Waals surface area contributed by atoms with Gasteiger partial charge in [-0.15, -0.1) is 0 Å². The number of carbonyl (C=O) groups excluding carboxylic acids is 2. The van der Waals surface area contributed by atoms with Gasteiger partial charge in [-0.05, 0) is 54.7 Å². The van der Waals surface area contributed by atoms with E-state index in [1.54, 1.807) is 11.0 Å². The Labute approximate surface area is 157 Å². The zero-order valence-corrected chi connectivity index (χ0v) is 15.4. The SMILES string of the molecule is CC(C)CCN1C(=O)CCc2cc(NC(=O)c3ccc(F)cc3F)ccc21. The molecule has 0 aliphatic carbocycles. The number of anilines is 2. The number of carbonyl (C=O) groups is 2. The Kier molecular flexibility index (Phi) is 5.54. The first-order chi connectivity index (χ1) is 12.8. The zero-order valence-electron chi connectivity index (χ0n) is 15.4. The zero-order chi connectivity index (χ0) is 19.6. The first-order valence-electron chi connectivity index (χ1n) is 9.05. The first-order valence-corrected chi connectivity index (χ1v) is 9.05. The van der Waals surface area contributed by atoms with Crippen LogP contribution in [-0.2, 0) is 11.2 Å². The molecule has 0 radical (unpaired) electrons. The fourth-order valence-corrected chi connectivity index (χ4v) is 3.14. The number of nitrogens with one attached hydrogen (secondary N) is 1. The quantitative estimate of drug-likeness (QED) is 0.838. The third-order valence-corrected chi connectivity index (χ3v) is 4.64. The third kappa shape index (κ3) is 4.32. The molecule has 27 heavy (non-hydrogen) atoms. The van der Waals surface area contributed by atoms with Gasteiger partial charge < -0.3 is 10.2 Å². The van der Waals surface area contributed by atoms with Crippen molar-refractivity contribution >= 4 is 23.2 Å². The summed E-state index contributed by atoms with van der Waals surface area (Å²) >= 11 is 0. The van der Waals surface area contributed by atoms with E-state index in [1.165, 1.54) is 0 Å². The number of aryl methyl sites for hydroxylation is 1. The van der Waals surface area contributed by atoms with Crippen LogP contribution in [-0.4, -0.2) is 18.4 Å². The van der Waals surface area contributed by atoms with Crippen molar-refractivity contribution in [3.8, 4) is 0 Å². The van der Waals surface area contributed by atoms with E-state index in [0.29, 0.717) is 37.1 Å². The van der Waals surface area contributed by atoms with Gasteiger partial charge in [0.25, 0.3) is 5.91 Å². The molecule has 2 amide bonds. The Morgan fingerprint density at radius 2 is 1.93 bits per heavy atom. The molecule has 0 unspecified atom stereocenters. The summed E-state index contributed by atoms with van der Waals surface area (Å²) in [6.45, 7) is 4.89. The number of amides is 2. The van der Waals surface area contributed by atoms with Crippen molar-refractivity contribution in [2.45, 2.75) is 33.1 Å². The van der Waals surface area contributed by atoms with Gasteiger partial charge in [-0.3, -0.25) is 9.59 Å². The predicted molar refractivity (Wildman–Crippen MR) is 101 cm³/mol. The third-order valence-electron chi connectivity index (χ3n) is 4.64. The molecule has 1 aliphatic rings. The topological polar surface area (TPSA) is 49.4 Å². The van der Waals surface area contributed by atoms with Crippen LogP contribution in [0.25, 0.3) is 0 Å². The van der Waals surface area contributed by atoms with Crippen molar-refractivity contribution < 1.29 is 18.4 Å². The second-order valence-electron chi connectivity index (χ2n) is 7.15. The van der Waals surface area contributed by atoms with Gasteiger partial charge in [0.2, 0.25) is 5.91 Å². The van der Waals surface area contributed by atoms with Gasteiger partial charge in [-0.2, -0.15) is 0 Å². The standard InChI is InChI=1S/C21H22F2N2O2/c1-13(2)9-10-25-19-7-5-16(11-14(19)3-8-20(25)26)24-21(27)17-6-4-15(22)12-18(17)23/h4-7,11-13H,3,8-10H2,1-2H3,(H,24,27). The van der Waals surface area contributed by atoms with Crippen molar-refractivity contribution in [1.29, 1.82) is 0 Å². The fourth-order valence-electron chi connectivity index (χ4n) is 3.14. The van der Waals surface area contributed by atoms with Gasteiger partial charge in [0, 0.05) is 30.4 Å². The second-order valence-corrected chi connectivity index (χ2v) is 7.15. The minimum Gasteiger partial charge on any atom is -0.322 e. The highest BCUT2D eigenvalue weighted by atomic mass is 19.1. The largest absolute Gasteiger partial charge is 0.322 e. The van der Waals surface area contributed by atoms with E-state index in [1.807, 2.05) is 12.1 Å². The number of nitrogens with zero attached hydrogens (tertiary/aromatic N) is 1. The summed E-state index contributed by atoms with van der Waals surface area (Å²) in [5, 5.41) is 2.64. The van der Waals surface area contributed by atoms with Gasteiger partial charge in [-0.25, -0.2) is 8.78 Å². The molecule has 0 fully saturated rings. The maximum Gasteiger partial charge on any atom is 0.258 e. The molecule has 0 saturated carbocycles. The Hall–Kier alpha value is -2.76. The molecule has 0 aromatic heterocycles. The molecule has 1 N–H and O–H groups in total. The summed E-state index contributed by atoms with van der Waals surface area (Å²) in [6, 6.07) is 8.15. The van der Waals surface area contributed by atoms with Crippen LogP contribution in [0.5, 0.6) is 0 Å². The van der Waals surface area contributed by atoms with Gasteiger partial charge >= 0.3 is 0 Å². The number of hydrogen-bond acceptors (Lipinski definition) is 2. The summed E-state index contributed by atoms with van der Waals surface area (Å²) in [5.74, 6) is -1.68. The summed E-state index contributed by atoms with van der Waals surface area (Å²) < 4.78 is 26.8. The molecule has 3 rings (SSSR count). The number of benzene rings is 2. The maximum absolute atomic E-state index is 13.8. The van der Waals surface area contributed by atoms with Crippen LogP contribution >= 0.6 is 0 Å². The van der Waals surface area contributed by atoms with Crippen LogP contribution < -0.4 is 10.2 Å². The van der Waals surface area contributed by atoms with Crippen molar-refractivity contribution in [3.63, 3.8) is 0 Å². The average molecular weight is 372 g/mol. The molecule has 4 nitrogen and oxygen atoms in total. The van der Waals surface area contributed by atoms with Crippen LogP contribution in [0.3, 0.4) is 0 Å². The lowest BCUT2D eigenvalue weighted by Crippen LogP contribution is -2.36. The van der Waals surface area contributed by atoms with Crippen LogP contribution in [0.4, 0.5) is 20.2 Å². The number of rotatable bonds is 5. The molecule has 1 heterocycles. The Balaban J connectivity index is 1.79. The van der Waals surface area contributed by atoms with E-state index < -0.39 is 17.5 Å². The number of fused-ring (bicyclic) bond motifs is 1. The lowest BCUT2D eigenvalue weighted by atomic mass is 9.99. The molecule has 6 heteroatoms. The molecule has 0 spiro atoms. The summed E-state index contributed by atoms with van der Waals surface area (Å²) in [6.07, 6.45) is 1.93. The van der Waals surface area contributed by atoms with Gasteiger partial charge in [-0.1, -0.05) is 13.8 Å². The van der Waals surface area contributed by atoms with Gasteiger partial charge in [0.05, 0.1) is 5.56 Å². The molecule has 1 aliphatic heterocycles. The van der Waals surface area contributed by atoms with E-state index in [4.69, 9.17) is 0 Å². The molecule has 0 bridgehead atoms. The summed E-state index contributed by atoms with van der Waals surface area (Å²) in [5.41, 5.74) is 2.12. The number of halogens is 2. The summed E-state index contributed by atoms with van der Waals surface area (Å²) in [7, 11) is 0. The van der Waals surface area contributed by atoms with Crippen molar-refractivity contribution in [2.75, 3.05) is 16.8 Å². The van der Waals surface area contributed by atoms with Gasteiger partial charge in [0.15, 0.2) is 0 Å². The van der Waals surface area contributed by atoms with Gasteiger partial charge in [0.1, 0.15) is 11.6 Å². The Morgan fingerprint density at radius 1 is 1.15 bits per heavy atom. The monoisotopic (exact) mass is 372 g/mol. The molecule has 0 atom stereocenters. The number of hydrogen-bond donors (Lipinski definition) is 1. The van der Waals surface area contributed by atoms with E-state index in [0.717, 1.165) is 29.8 Å². The van der Waals surface area contributed by atoms with E-state index >= 15 is 0 Å². The highest BCUT2D eigenvalue weighted by Crippen LogP contribution is 2.31. The van der Waals surface area contributed by atoms with Crippen LogP contribution in [0.1, 0.15) is 42.6 Å². The molecule has 142 valence electrons. The van der Waals surface area contributed by atoms with E-state index in [9.17, 15) is 18.4 Å². The highest BCUT2D eigenvalue weighted by Gasteiger charge is 2.24. The smallest absolute Gasteiger partial charge is 0.258 e. The molecular formula is C21H22F2N2O2. The Morgan fingerprint density at radius 3 is 2.63 bits per heavy atom. The van der Waals surface area contributed by atoms with Crippen LogP contribution in [0, 0.1) is 17.6 Å². The van der Waals surface area contributed by atoms with Crippen molar-refractivity contribution in [2.24, 2.45) is 5.92 Å². The summed E-state index contributed by atoms with van der Waals surface area (Å²) in [4.78, 5) is 26.3. The minimum absolute atomic E-state index is 0.105. The van der Waals surface area contributed by atoms with Crippen molar-refractivity contribution in [3.05, 3.63) is 59.2 Å². The van der Waals surface area contributed by atoms with Crippen molar-refractivity contribution in [1.82, 2.24) is 0 Å². The van der Waals surface area contributed by atoms with E-state index in [2.05, 4.69) is 19.2 Å². The lowest BCUT2D eigenvalue weighted by molar-refractivity contribution is -0.118. The van der Waals surface area contributed by atoms with Crippen LogP contribution in [0.15, 0.2) is 36.4 Å². The average Bonchev–Trinajstić information content (AvgIpc) is 2.60. The fraction of sp³-hybridized carbons (Fsp3) is 0.333.